The molecule has 0 bridgehead atoms. The summed E-state index contributed by atoms with van der Waals surface area (Å²) >= 11 is 0. The summed E-state index contributed by atoms with van der Waals surface area (Å²) in [5.41, 5.74) is 0. The molecule has 1 N–H and O–H groups in total. The third-order valence-electron chi connectivity index (χ3n) is 9.81. The third-order valence-corrected chi connectivity index (χ3v) is 9.81. The fourth-order valence-electron chi connectivity index (χ4n) is 6.22. The van der Waals surface area contributed by atoms with Crippen LogP contribution in [-0.4, -0.2) is 80.6 Å². The summed E-state index contributed by atoms with van der Waals surface area (Å²) in [5.74, 6) is -1.52. The molecule has 8 heteroatoms. The molecule has 0 aromatic heterocycles. The lowest BCUT2D eigenvalue weighted by Gasteiger charge is -2.31. The standard InChI is InChI=1S/C51H85NO7/c1-6-8-10-12-14-16-18-20-22-23-24-25-26-28-30-32-34-36-38-40-42-50(54)59-47(45-57-44-43-48(51(55)56)52(3,4)5)46-58-49(53)41-39-37-35-33-31-29-27-21-19-17-15-13-11-9-7-2/h8,10,14-17,19-22,24-25,28,30,47-48H,6-7,9,11-13,18,23,26-27,29,31-46H2,1-5H3/p+1/b10-8+,16-14+,17-15+,21-19+,22-20+,25-24+,30-28+. The highest BCUT2D eigenvalue weighted by Gasteiger charge is 2.31. The summed E-state index contributed by atoms with van der Waals surface area (Å²) in [4.78, 5) is 37.0. The highest BCUT2D eigenvalue weighted by Crippen LogP contribution is 2.13. The lowest BCUT2D eigenvalue weighted by molar-refractivity contribution is -0.887. The first kappa shape index (κ1) is 55.5. The first-order valence-corrected chi connectivity index (χ1v) is 23.1. The van der Waals surface area contributed by atoms with E-state index in [9.17, 15) is 19.5 Å². The van der Waals surface area contributed by atoms with E-state index in [0.29, 0.717) is 19.3 Å². The van der Waals surface area contributed by atoms with Crippen LogP contribution in [0.25, 0.3) is 0 Å². The predicted molar refractivity (Wildman–Crippen MR) is 247 cm³/mol. The number of allylic oxidation sites excluding steroid dienone is 14. The molecule has 0 aliphatic carbocycles. The quantitative estimate of drug-likeness (QED) is 0.0216. The van der Waals surface area contributed by atoms with Gasteiger partial charge < -0.3 is 23.8 Å². The van der Waals surface area contributed by atoms with Gasteiger partial charge in [0, 0.05) is 19.3 Å². The van der Waals surface area contributed by atoms with Gasteiger partial charge in [0.15, 0.2) is 12.1 Å². The molecule has 0 aromatic carbocycles. The van der Waals surface area contributed by atoms with Crippen LogP contribution in [-0.2, 0) is 28.6 Å². The van der Waals surface area contributed by atoms with Crippen molar-refractivity contribution in [1.82, 2.24) is 0 Å². The minimum Gasteiger partial charge on any atom is -0.477 e. The van der Waals surface area contributed by atoms with Crippen LogP contribution in [0.3, 0.4) is 0 Å². The van der Waals surface area contributed by atoms with Gasteiger partial charge in [0.2, 0.25) is 0 Å². The van der Waals surface area contributed by atoms with Crippen LogP contribution in [0.1, 0.15) is 168 Å². The van der Waals surface area contributed by atoms with E-state index in [2.05, 4.69) is 98.9 Å². The van der Waals surface area contributed by atoms with Crippen LogP contribution >= 0.6 is 0 Å². The van der Waals surface area contributed by atoms with E-state index < -0.39 is 18.1 Å². The zero-order chi connectivity index (χ0) is 43.5. The van der Waals surface area contributed by atoms with Gasteiger partial charge in [-0.2, -0.15) is 0 Å². The van der Waals surface area contributed by atoms with Gasteiger partial charge in [-0.25, -0.2) is 4.79 Å². The molecule has 0 amide bonds. The van der Waals surface area contributed by atoms with Crippen molar-refractivity contribution in [2.24, 2.45) is 0 Å². The topological polar surface area (TPSA) is 99.1 Å². The van der Waals surface area contributed by atoms with Crippen molar-refractivity contribution in [2.75, 3.05) is 41.0 Å². The summed E-state index contributed by atoms with van der Waals surface area (Å²) in [5, 5.41) is 9.63. The SMILES string of the molecule is CC/C=C/C/C=C/C/C=C/C/C=C/C/C=C/CCCCCCC(=O)OC(COCCC(C(=O)O)[N+](C)(C)C)COC(=O)CCCCCCCC/C=C/C=C/CCCCC. The Labute approximate surface area is 361 Å². The van der Waals surface area contributed by atoms with Gasteiger partial charge in [-0.15, -0.1) is 0 Å². The van der Waals surface area contributed by atoms with Crippen molar-refractivity contribution >= 4 is 17.9 Å². The Balaban J connectivity index is 4.41. The van der Waals surface area contributed by atoms with Crippen LogP contribution in [0.4, 0.5) is 0 Å². The largest absolute Gasteiger partial charge is 0.477 e. The summed E-state index contributed by atoms with van der Waals surface area (Å²) < 4.78 is 17.3. The number of rotatable bonds is 40. The Morgan fingerprint density at radius 2 is 1.00 bits per heavy atom. The van der Waals surface area contributed by atoms with Crippen LogP contribution in [0.2, 0.25) is 0 Å². The maximum absolute atomic E-state index is 12.7. The molecule has 0 aliphatic heterocycles. The van der Waals surface area contributed by atoms with E-state index in [0.717, 1.165) is 103 Å². The molecule has 2 unspecified atom stereocenters. The average Bonchev–Trinajstić information content (AvgIpc) is 3.19. The second-order valence-electron chi connectivity index (χ2n) is 16.3. The van der Waals surface area contributed by atoms with E-state index in [1.165, 1.54) is 32.1 Å². The number of carboxylic acid groups (broad SMARTS) is 1. The monoisotopic (exact) mass is 825 g/mol. The van der Waals surface area contributed by atoms with Gasteiger partial charge in [0.25, 0.3) is 0 Å². The number of esters is 2. The minimum atomic E-state index is -0.885. The Kier molecular flexibility index (Phi) is 38.8. The molecular weight excluding hydrogens is 739 g/mol. The normalized spacial score (nSPS) is 13.7. The highest BCUT2D eigenvalue weighted by molar-refractivity contribution is 5.72. The molecule has 0 radical (unpaired) electrons. The number of carboxylic acids is 1. The van der Waals surface area contributed by atoms with Crippen molar-refractivity contribution in [3.8, 4) is 0 Å². The average molecular weight is 825 g/mol. The lowest BCUT2D eigenvalue weighted by Crippen LogP contribution is -2.50. The van der Waals surface area contributed by atoms with E-state index in [-0.39, 0.29) is 36.2 Å². The lowest BCUT2D eigenvalue weighted by atomic mass is 10.1. The maximum atomic E-state index is 12.7. The second-order valence-corrected chi connectivity index (χ2v) is 16.3. The van der Waals surface area contributed by atoms with Crippen molar-refractivity contribution in [3.63, 3.8) is 0 Å². The number of carbonyl (C=O) groups is 3. The first-order valence-electron chi connectivity index (χ1n) is 23.1. The van der Waals surface area contributed by atoms with E-state index in [1.807, 2.05) is 21.1 Å². The number of nitrogens with zero attached hydrogens (tertiary/aromatic N) is 1. The zero-order valence-corrected chi connectivity index (χ0v) is 38.2. The number of ether oxygens (including phenoxy) is 3. The molecule has 0 saturated heterocycles. The van der Waals surface area contributed by atoms with Gasteiger partial charge in [-0.05, 0) is 83.5 Å². The molecule has 0 fully saturated rings. The fraction of sp³-hybridized carbons (Fsp3) is 0.667. The van der Waals surface area contributed by atoms with E-state index >= 15 is 0 Å². The van der Waals surface area contributed by atoms with Crippen LogP contribution in [0, 0.1) is 0 Å². The predicted octanol–water partition coefficient (Wildman–Crippen LogP) is 12.9. The first-order chi connectivity index (χ1) is 28.6. The van der Waals surface area contributed by atoms with Gasteiger partial charge in [0.1, 0.15) is 6.61 Å². The number of likely N-dealkylation sites (N-methyl/N-ethyl adjacent to an activating group) is 1. The van der Waals surface area contributed by atoms with Crippen molar-refractivity contribution in [3.05, 3.63) is 85.1 Å². The molecule has 0 rings (SSSR count). The molecule has 0 aliphatic rings. The highest BCUT2D eigenvalue weighted by atomic mass is 16.6. The number of aliphatic carboxylic acids is 1. The molecule has 0 spiro atoms. The fourth-order valence-corrected chi connectivity index (χ4v) is 6.22. The molecule has 0 saturated carbocycles. The van der Waals surface area contributed by atoms with Crippen molar-refractivity contribution in [1.29, 1.82) is 0 Å². The molecule has 0 aromatic rings. The van der Waals surface area contributed by atoms with Crippen LogP contribution < -0.4 is 0 Å². The minimum absolute atomic E-state index is 0.0418. The van der Waals surface area contributed by atoms with Gasteiger partial charge in [-0.3, -0.25) is 9.59 Å². The molecule has 2 atom stereocenters. The van der Waals surface area contributed by atoms with E-state index in [4.69, 9.17) is 14.2 Å². The zero-order valence-electron chi connectivity index (χ0n) is 38.2. The number of hydrogen-bond donors (Lipinski definition) is 1. The van der Waals surface area contributed by atoms with Gasteiger partial charge >= 0.3 is 17.9 Å². The Morgan fingerprint density at radius 3 is 1.51 bits per heavy atom. The van der Waals surface area contributed by atoms with E-state index in [1.54, 1.807) is 0 Å². The summed E-state index contributed by atoms with van der Waals surface area (Å²) in [6, 6.07) is -0.626. The smallest absolute Gasteiger partial charge is 0.362 e. The Bertz CT molecular complexity index is 1240. The molecule has 336 valence electrons. The second kappa shape index (κ2) is 41.3. The van der Waals surface area contributed by atoms with Gasteiger partial charge in [0.05, 0.1) is 34.4 Å². The van der Waals surface area contributed by atoms with Crippen LogP contribution in [0.5, 0.6) is 0 Å². The molecule has 59 heavy (non-hydrogen) atoms. The van der Waals surface area contributed by atoms with Gasteiger partial charge in [-0.1, -0.05) is 150 Å². The Morgan fingerprint density at radius 1 is 0.542 bits per heavy atom. The number of carbonyl (C=O) groups excluding carboxylic acids is 2. The Hall–Kier alpha value is -3.49. The summed E-state index contributed by atoms with van der Waals surface area (Å²) in [6.07, 6.45) is 53.3. The maximum Gasteiger partial charge on any atom is 0.362 e. The number of hydrogen-bond acceptors (Lipinski definition) is 6. The molecular formula is C51H86NO7+. The van der Waals surface area contributed by atoms with Crippen LogP contribution in [0.15, 0.2) is 85.1 Å². The molecule has 0 heterocycles. The number of unbranched alkanes of at least 4 members (excludes halogenated alkanes) is 13. The summed E-state index contributed by atoms with van der Waals surface area (Å²) in [7, 11) is 5.51. The van der Waals surface area contributed by atoms with Crippen molar-refractivity contribution < 1.29 is 38.2 Å². The molecule has 8 nitrogen and oxygen atoms in total. The van der Waals surface area contributed by atoms with Crippen molar-refractivity contribution in [2.45, 2.75) is 180 Å². The number of quaternary nitrogens is 1. The third kappa shape index (κ3) is 39.7. The summed E-state index contributed by atoms with van der Waals surface area (Å²) in [6.45, 7) is 4.54.